The number of hydrogen-bond donors (Lipinski definition) is 2. The highest BCUT2D eigenvalue weighted by Crippen LogP contribution is 2.13. The minimum absolute atomic E-state index is 0.0882. The highest BCUT2D eigenvalue weighted by molar-refractivity contribution is 6.59. The zero-order valence-electron chi connectivity index (χ0n) is 10.1. The van der Waals surface area contributed by atoms with Gasteiger partial charge in [0.2, 0.25) is 0 Å². The minimum Gasteiger partial charge on any atom is -0.491 e. The van der Waals surface area contributed by atoms with Gasteiger partial charge in [-0.3, -0.25) is 0 Å². The second kappa shape index (κ2) is 5.92. The molecule has 1 unspecified atom stereocenters. The number of ether oxygens (including phenoxy) is 1. The summed E-state index contributed by atoms with van der Waals surface area (Å²) in [4.78, 5) is 0. The average molecular weight is 222 g/mol. The van der Waals surface area contributed by atoms with Crippen LogP contribution in [0.15, 0.2) is 18.2 Å². The summed E-state index contributed by atoms with van der Waals surface area (Å²) in [6.07, 6.45) is 2.09. The Morgan fingerprint density at radius 2 is 2.06 bits per heavy atom. The van der Waals surface area contributed by atoms with E-state index in [1.165, 1.54) is 0 Å². The van der Waals surface area contributed by atoms with Crippen molar-refractivity contribution in [3.8, 4) is 5.75 Å². The van der Waals surface area contributed by atoms with Crippen LogP contribution in [-0.4, -0.2) is 23.3 Å². The lowest BCUT2D eigenvalue weighted by atomic mass is 9.79. The van der Waals surface area contributed by atoms with Crippen LogP contribution in [0.4, 0.5) is 0 Å². The van der Waals surface area contributed by atoms with Gasteiger partial charge >= 0.3 is 7.12 Å². The van der Waals surface area contributed by atoms with Gasteiger partial charge in [-0.2, -0.15) is 0 Å². The van der Waals surface area contributed by atoms with E-state index in [2.05, 4.69) is 6.92 Å². The summed E-state index contributed by atoms with van der Waals surface area (Å²) in [7, 11) is -1.48. The predicted molar refractivity (Wildman–Crippen MR) is 66.0 cm³/mol. The second-order valence-corrected chi connectivity index (χ2v) is 4.13. The maximum atomic E-state index is 9.25. The molecule has 0 aliphatic rings. The van der Waals surface area contributed by atoms with Crippen LogP contribution in [0.5, 0.6) is 5.75 Å². The Bertz CT molecular complexity index is 339. The van der Waals surface area contributed by atoms with Crippen LogP contribution >= 0.6 is 0 Å². The molecule has 88 valence electrons. The van der Waals surface area contributed by atoms with Crippen LogP contribution in [0, 0.1) is 6.92 Å². The molecular formula is C12H19BO3. The smallest absolute Gasteiger partial charge is 0.491 e. The lowest BCUT2D eigenvalue weighted by Crippen LogP contribution is -2.32. The largest absolute Gasteiger partial charge is 0.492 e. The normalized spacial score (nSPS) is 12.3. The van der Waals surface area contributed by atoms with E-state index in [-0.39, 0.29) is 6.10 Å². The molecule has 0 saturated carbocycles. The summed E-state index contributed by atoms with van der Waals surface area (Å²) >= 11 is 0. The van der Waals surface area contributed by atoms with Crippen molar-refractivity contribution in [2.24, 2.45) is 0 Å². The third kappa shape index (κ3) is 3.54. The first-order chi connectivity index (χ1) is 7.54. The Balaban J connectivity index is 2.86. The fourth-order valence-corrected chi connectivity index (χ4v) is 1.66. The van der Waals surface area contributed by atoms with Gasteiger partial charge < -0.3 is 14.8 Å². The summed E-state index contributed by atoms with van der Waals surface area (Å²) in [6, 6.07) is 5.43. The number of hydrogen-bond acceptors (Lipinski definition) is 3. The average Bonchev–Trinajstić information content (AvgIpc) is 2.20. The zero-order valence-corrected chi connectivity index (χ0v) is 10.1. The molecule has 2 N–H and O–H groups in total. The molecule has 1 atom stereocenters. The van der Waals surface area contributed by atoms with E-state index in [1.54, 1.807) is 12.1 Å². The molecule has 1 rings (SSSR count). The molecule has 1 aromatic rings. The fraction of sp³-hybridized carbons (Fsp3) is 0.500. The van der Waals surface area contributed by atoms with E-state index < -0.39 is 7.12 Å². The Morgan fingerprint density at radius 3 is 2.62 bits per heavy atom. The molecule has 0 aliphatic heterocycles. The summed E-state index contributed by atoms with van der Waals surface area (Å²) < 4.78 is 5.68. The van der Waals surface area contributed by atoms with E-state index in [9.17, 15) is 10.0 Å². The Morgan fingerprint density at radius 1 is 1.38 bits per heavy atom. The van der Waals surface area contributed by atoms with Crippen molar-refractivity contribution in [3.05, 3.63) is 23.8 Å². The van der Waals surface area contributed by atoms with Crippen LogP contribution < -0.4 is 10.2 Å². The molecule has 0 bridgehead atoms. The lowest BCUT2D eigenvalue weighted by Gasteiger charge is -2.17. The zero-order chi connectivity index (χ0) is 12.1. The summed E-state index contributed by atoms with van der Waals surface area (Å²) in [5.41, 5.74) is 1.42. The maximum absolute atomic E-state index is 9.25. The molecule has 0 fully saturated rings. The molecule has 0 aliphatic carbocycles. The summed E-state index contributed by atoms with van der Waals surface area (Å²) in [5.74, 6) is 0.557. The van der Waals surface area contributed by atoms with Gasteiger partial charge in [-0.1, -0.05) is 31.0 Å². The summed E-state index contributed by atoms with van der Waals surface area (Å²) in [6.45, 7) is 5.98. The molecule has 0 amide bonds. The Hall–Kier alpha value is -0.995. The molecule has 0 aromatic heterocycles. The van der Waals surface area contributed by atoms with Crippen LogP contribution in [0.2, 0.25) is 0 Å². The second-order valence-electron chi connectivity index (χ2n) is 4.13. The molecule has 0 heterocycles. The minimum atomic E-state index is -1.48. The van der Waals surface area contributed by atoms with E-state index in [1.807, 2.05) is 19.9 Å². The van der Waals surface area contributed by atoms with Crippen LogP contribution in [0.1, 0.15) is 32.3 Å². The first-order valence-corrected chi connectivity index (χ1v) is 5.68. The Labute approximate surface area is 97.2 Å². The van der Waals surface area contributed by atoms with Gasteiger partial charge in [0.25, 0.3) is 0 Å². The standard InChI is InChI=1S/C12H19BO3/c1-4-5-10(3)16-12-7-6-9(2)8-11(12)13(14)15/h6-8,10,14-15H,4-5H2,1-3H3. The van der Waals surface area contributed by atoms with Crippen LogP contribution in [-0.2, 0) is 0 Å². The van der Waals surface area contributed by atoms with Crippen molar-refractivity contribution in [2.45, 2.75) is 39.7 Å². The van der Waals surface area contributed by atoms with Gasteiger partial charge in [0.15, 0.2) is 0 Å². The van der Waals surface area contributed by atoms with E-state index in [0.717, 1.165) is 18.4 Å². The van der Waals surface area contributed by atoms with Crippen LogP contribution in [0.25, 0.3) is 0 Å². The van der Waals surface area contributed by atoms with Gasteiger partial charge in [-0.05, 0) is 26.3 Å². The molecule has 4 heteroatoms. The topological polar surface area (TPSA) is 49.7 Å². The first-order valence-electron chi connectivity index (χ1n) is 5.68. The van der Waals surface area contributed by atoms with E-state index >= 15 is 0 Å². The van der Waals surface area contributed by atoms with Crippen molar-refractivity contribution in [3.63, 3.8) is 0 Å². The van der Waals surface area contributed by atoms with Crippen molar-refractivity contribution >= 4 is 12.6 Å². The van der Waals surface area contributed by atoms with Crippen molar-refractivity contribution in [2.75, 3.05) is 0 Å². The highest BCUT2D eigenvalue weighted by atomic mass is 16.5. The SMILES string of the molecule is CCCC(C)Oc1ccc(C)cc1B(O)O. The summed E-state index contributed by atoms with van der Waals surface area (Å²) in [5, 5.41) is 18.5. The van der Waals surface area contributed by atoms with Crippen LogP contribution in [0.3, 0.4) is 0 Å². The molecule has 0 spiro atoms. The molecule has 16 heavy (non-hydrogen) atoms. The molecule has 1 aromatic carbocycles. The molecular weight excluding hydrogens is 203 g/mol. The van der Waals surface area contributed by atoms with Gasteiger partial charge in [-0.25, -0.2) is 0 Å². The number of rotatable bonds is 5. The maximum Gasteiger partial charge on any atom is 0.492 e. The van der Waals surface area contributed by atoms with Gasteiger partial charge in [-0.15, -0.1) is 0 Å². The van der Waals surface area contributed by atoms with Gasteiger partial charge in [0, 0.05) is 5.46 Å². The first kappa shape index (κ1) is 13.1. The highest BCUT2D eigenvalue weighted by Gasteiger charge is 2.18. The van der Waals surface area contributed by atoms with Gasteiger partial charge in [0.05, 0.1) is 6.10 Å². The molecule has 3 nitrogen and oxygen atoms in total. The van der Waals surface area contributed by atoms with Crippen molar-refractivity contribution in [1.82, 2.24) is 0 Å². The van der Waals surface area contributed by atoms with Gasteiger partial charge in [0.1, 0.15) is 5.75 Å². The van der Waals surface area contributed by atoms with Crippen molar-refractivity contribution in [1.29, 1.82) is 0 Å². The van der Waals surface area contributed by atoms with Crippen molar-refractivity contribution < 1.29 is 14.8 Å². The number of aryl methyl sites for hydroxylation is 1. The fourth-order valence-electron chi connectivity index (χ4n) is 1.66. The third-order valence-corrected chi connectivity index (χ3v) is 2.47. The Kier molecular flexibility index (Phi) is 4.84. The molecule has 0 saturated heterocycles. The van der Waals surface area contributed by atoms with E-state index in [4.69, 9.17) is 4.74 Å². The quantitative estimate of drug-likeness (QED) is 0.737. The predicted octanol–water partition coefficient (Wildman–Crippen LogP) is 1.24. The number of benzene rings is 1. The monoisotopic (exact) mass is 222 g/mol. The lowest BCUT2D eigenvalue weighted by molar-refractivity contribution is 0.211. The van der Waals surface area contributed by atoms with E-state index in [0.29, 0.717) is 11.2 Å². The molecule has 0 radical (unpaired) electrons. The third-order valence-electron chi connectivity index (χ3n) is 2.47.